The summed E-state index contributed by atoms with van der Waals surface area (Å²) < 4.78 is 6.25. The van der Waals surface area contributed by atoms with Gasteiger partial charge in [0.2, 0.25) is 0 Å². The van der Waals surface area contributed by atoms with Gasteiger partial charge >= 0.3 is 5.97 Å². The van der Waals surface area contributed by atoms with Gasteiger partial charge in [-0.3, -0.25) is 0 Å². The normalized spacial score (nSPS) is 10.3. The highest BCUT2D eigenvalue weighted by molar-refractivity contribution is 9.10. The van der Waals surface area contributed by atoms with Crippen LogP contribution in [0.3, 0.4) is 0 Å². The molecule has 17 heavy (non-hydrogen) atoms. The molecule has 2 rings (SSSR count). The molecule has 0 radical (unpaired) electrons. The van der Waals surface area contributed by atoms with Crippen LogP contribution in [-0.2, 0) is 4.74 Å². The molecule has 0 bridgehead atoms. The van der Waals surface area contributed by atoms with E-state index in [1.165, 1.54) is 24.4 Å². The minimum atomic E-state index is -0.625. The number of hydrogen-bond donors (Lipinski definition) is 0. The van der Waals surface area contributed by atoms with E-state index < -0.39 is 5.97 Å². The molecule has 0 aromatic carbocycles. The van der Waals surface area contributed by atoms with E-state index in [0.29, 0.717) is 10.3 Å². The smallest absolute Gasteiger partial charge is 0.377 e. The van der Waals surface area contributed by atoms with E-state index in [1.807, 2.05) is 0 Å². The highest BCUT2D eigenvalue weighted by atomic mass is 79.9. The topological polar surface area (TPSA) is 82.8 Å². The highest BCUT2D eigenvalue weighted by Gasteiger charge is 2.15. The number of halogens is 2. The van der Waals surface area contributed by atoms with Gasteiger partial charge in [-0.1, -0.05) is 11.6 Å². The lowest BCUT2D eigenvalue weighted by Gasteiger charge is -2.02. The standard InChI is InChI=1S/C8H5BrClN5O2/c1-17-8(16)6-13-3-15(14-6)7-4(9)5(10)11-2-12-7/h2-3H,1H3. The predicted molar refractivity (Wildman–Crippen MR) is 61.0 cm³/mol. The average Bonchev–Trinajstić information content (AvgIpc) is 2.81. The van der Waals surface area contributed by atoms with Gasteiger partial charge in [-0.25, -0.2) is 24.4 Å². The Labute approximate surface area is 109 Å². The van der Waals surface area contributed by atoms with Gasteiger partial charge in [0.25, 0.3) is 5.82 Å². The van der Waals surface area contributed by atoms with Crippen molar-refractivity contribution in [1.29, 1.82) is 0 Å². The van der Waals surface area contributed by atoms with E-state index in [-0.39, 0.29) is 11.0 Å². The van der Waals surface area contributed by atoms with E-state index >= 15 is 0 Å². The molecule has 0 aliphatic rings. The fourth-order valence-electron chi connectivity index (χ4n) is 1.05. The molecule has 0 aliphatic heterocycles. The van der Waals surface area contributed by atoms with Crippen LogP contribution in [0, 0.1) is 0 Å². The summed E-state index contributed by atoms with van der Waals surface area (Å²) in [6.07, 6.45) is 2.61. The van der Waals surface area contributed by atoms with Crippen LogP contribution in [0.2, 0.25) is 5.15 Å². The van der Waals surface area contributed by atoms with E-state index in [4.69, 9.17) is 11.6 Å². The number of carbonyl (C=O) groups excluding carboxylic acids is 1. The van der Waals surface area contributed by atoms with E-state index in [9.17, 15) is 4.79 Å². The Bertz CT molecular complexity index is 573. The third kappa shape index (κ3) is 2.27. The summed E-state index contributed by atoms with van der Waals surface area (Å²) in [6.45, 7) is 0. The first-order valence-electron chi connectivity index (χ1n) is 4.30. The highest BCUT2D eigenvalue weighted by Crippen LogP contribution is 2.24. The molecule has 0 aliphatic carbocycles. The molecule has 0 fully saturated rings. The predicted octanol–water partition coefficient (Wildman–Crippen LogP) is 1.26. The number of rotatable bonds is 2. The van der Waals surface area contributed by atoms with E-state index in [2.05, 4.69) is 40.7 Å². The Kier molecular flexibility index (Phi) is 3.34. The van der Waals surface area contributed by atoms with Crippen molar-refractivity contribution < 1.29 is 9.53 Å². The Balaban J connectivity index is 2.44. The van der Waals surface area contributed by atoms with Crippen LogP contribution >= 0.6 is 27.5 Å². The second-order valence-electron chi connectivity index (χ2n) is 2.81. The second kappa shape index (κ2) is 4.76. The van der Waals surface area contributed by atoms with Crippen LogP contribution < -0.4 is 0 Å². The van der Waals surface area contributed by atoms with Crippen LogP contribution in [0.4, 0.5) is 0 Å². The summed E-state index contributed by atoms with van der Waals surface area (Å²) in [6, 6.07) is 0. The molecule has 2 aromatic rings. The van der Waals surface area contributed by atoms with Crippen LogP contribution in [0.1, 0.15) is 10.6 Å². The molecule has 0 saturated heterocycles. The molecule has 0 unspecified atom stereocenters. The van der Waals surface area contributed by atoms with Crippen molar-refractivity contribution in [3.8, 4) is 5.82 Å². The molecule has 88 valence electrons. The fourth-order valence-corrected chi connectivity index (χ4v) is 1.56. The summed E-state index contributed by atoms with van der Waals surface area (Å²) in [4.78, 5) is 22.7. The second-order valence-corrected chi connectivity index (χ2v) is 3.96. The van der Waals surface area contributed by atoms with Crippen molar-refractivity contribution in [2.24, 2.45) is 0 Å². The molecule has 2 aromatic heterocycles. The fraction of sp³-hybridized carbons (Fsp3) is 0.125. The monoisotopic (exact) mass is 317 g/mol. The molecule has 0 spiro atoms. The zero-order chi connectivity index (χ0) is 12.4. The number of aromatic nitrogens is 5. The summed E-state index contributed by atoms with van der Waals surface area (Å²) in [5, 5.41) is 4.15. The lowest BCUT2D eigenvalue weighted by Crippen LogP contribution is -2.06. The minimum Gasteiger partial charge on any atom is -0.463 e. The Morgan fingerprint density at radius 1 is 1.47 bits per heavy atom. The summed E-state index contributed by atoms with van der Waals surface area (Å²) in [5.41, 5.74) is 0. The zero-order valence-corrected chi connectivity index (χ0v) is 10.8. The maximum absolute atomic E-state index is 11.2. The summed E-state index contributed by atoms with van der Waals surface area (Å²) >= 11 is 9.03. The van der Waals surface area contributed by atoms with Crippen LogP contribution in [0.5, 0.6) is 0 Å². The van der Waals surface area contributed by atoms with Crippen LogP contribution in [0.15, 0.2) is 17.1 Å². The maximum atomic E-state index is 11.2. The molecule has 2 heterocycles. The van der Waals surface area contributed by atoms with Crippen molar-refractivity contribution in [2.45, 2.75) is 0 Å². The zero-order valence-electron chi connectivity index (χ0n) is 8.46. The molecular weight excluding hydrogens is 313 g/mol. The van der Waals surface area contributed by atoms with E-state index in [1.54, 1.807) is 0 Å². The Morgan fingerprint density at radius 3 is 2.94 bits per heavy atom. The first kappa shape index (κ1) is 11.9. The molecule has 0 N–H and O–H groups in total. The molecule has 0 atom stereocenters. The van der Waals surface area contributed by atoms with Crippen LogP contribution in [-0.4, -0.2) is 37.8 Å². The summed E-state index contributed by atoms with van der Waals surface area (Å²) in [7, 11) is 1.25. The van der Waals surface area contributed by atoms with Gasteiger partial charge in [0.15, 0.2) is 5.82 Å². The van der Waals surface area contributed by atoms with Gasteiger partial charge in [-0.15, -0.1) is 5.10 Å². The average molecular weight is 319 g/mol. The van der Waals surface area contributed by atoms with Gasteiger partial charge < -0.3 is 4.74 Å². The van der Waals surface area contributed by atoms with Gasteiger partial charge in [-0.2, -0.15) is 0 Å². The molecule has 0 amide bonds. The quantitative estimate of drug-likeness (QED) is 0.612. The maximum Gasteiger partial charge on any atom is 0.377 e. The largest absolute Gasteiger partial charge is 0.463 e. The third-order valence-corrected chi connectivity index (χ3v) is 3.05. The Morgan fingerprint density at radius 2 is 2.24 bits per heavy atom. The van der Waals surface area contributed by atoms with Crippen molar-refractivity contribution in [1.82, 2.24) is 24.7 Å². The number of esters is 1. The van der Waals surface area contributed by atoms with Gasteiger partial charge in [-0.05, 0) is 15.9 Å². The SMILES string of the molecule is COC(=O)c1ncn(-c2ncnc(Cl)c2Br)n1. The number of nitrogens with zero attached hydrogens (tertiary/aromatic N) is 5. The van der Waals surface area contributed by atoms with Crippen molar-refractivity contribution in [3.63, 3.8) is 0 Å². The Hall–Kier alpha value is -1.54. The first-order valence-corrected chi connectivity index (χ1v) is 5.47. The molecular formula is C8H5BrClN5O2. The first-order chi connectivity index (χ1) is 8.13. The number of carbonyl (C=O) groups is 1. The number of methoxy groups -OCH3 is 1. The molecule has 0 saturated carbocycles. The van der Waals surface area contributed by atoms with Crippen molar-refractivity contribution in [3.05, 3.63) is 28.1 Å². The summed E-state index contributed by atoms with van der Waals surface area (Å²) in [5.74, 6) is -0.304. The van der Waals surface area contributed by atoms with Gasteiger partial charge in [0.1, 0.15) is 17.8 Å². The lowest BCUT2D eigenvalue weighted by molar-refractivity contribution is 0.0587. The van der Waals surface area contributed by atoms with Crippen molar-refractivity contribution >= 4 is 33.5 Å². The van der Waals surface area contributed by atoms with Gasteiger partial charge in [0.05, 0.1) is 11.6 Å². The molecule has 9 heteroatoms. The third-order valence-electron chi connectivity index (χ3n) is 1.81. The minimum absolute atomic E-state index is 0.0610. The van der Waals surface area contributed by atoms with Crippen molar-refractivity contribution in [2.75, 3.05) is 7.11 Å². The lowest BCUT2D eigenvalue weighted by atomic mass is 10.6. The number of hydrogen-bond acceptors (Lipinski definition) is 6. The number of ether oxygens (including phenoxy) is 1. The van der Waals surface area contributed by atoms with Crippen LogP contribution in [0.25, 0.3) is 5.82 Å². The molecule has 7 nitrogen and oxygen atoms in total. The van der Waals surface area contributed by atoms with Gasteiger partial charge in [0, 0.05) is 0 Å². The van der Waals surface area contributed by atoms with E-state index in [0.717, 1.165) is 0 Å².